The van der Waals surface area contributed by atoms with Crippen LogP contribution in [0.3, 0.4) is 0 Å². The van der Waals surface area contributed by atoms with Crippen molar-refractivity contribution in [1.82, 2.24) is 9.78 Å². The number of nitrogens with one attached hydrogen (secondary N) is 2. The van der Waals surface area contributed by atoms with E-state index in [1.165, 1.54) is 10.2 Å². The molecule has 0 aliphatic rings. The second-order valence-electron chi connectivity index (χ2n) is 5.71. The molecule has 4 nitrogen and oxygen atoms in total. The van der Waals surface area contributed by atoms with E-state index in [2.05, 4.69) is 32.9 Å². The van der Waals surface area contributed by atoms with Crippen LogP contribution in [0, 0.1) is 13.8 Å². The summed E-state index contributed by atoms with van der Waals surface area (Å²) in [4.78, 5) is 12.7. The van der Waals surface area contributed by atoms with Crippen LogP contribution in [0.1, 0.15) is 11.1 Å². The fraction of sp³-hybridized carbons (Fsp3) is 0.105. The van der Waals surface area contributed by atoms with E-state index >= 15 is 0 Å². The minimum Gasteiger partial charge on any atom is -0.361 e. The molecule has 3 aromatic rings. The number of aromatic amines is 1. The highest BCUT2D eigenvalue weighted by molar-refractivity contribution is 9.10. The highest BCUT2D eigenvalue weighted by atomic mass is 79.9. The number of H-pyrrole nitrogens is 1. The zero-order valence-electron chi connectivity index (χ0n) is 13.6. The number of anilines is 1. The SMILES string of the molecule is C=c1[nH]n(-c2ccc(C)c(C)c2)c(=O)c1=CNc1ccc(Br)cc1. The van der Waals surface area contributed by atoms with Crippen molar-refractivity contribution in [3.63, 3.8) is 0 Å². The molecule has 0 fully saturated rings. The molecule has 0 spiro atoms. The Labute approximate surface area is 148 Å². The summed E-state index contributed by atoms with van der Waals surface area (Å²) in [5, 5.41) is 7.25. The molecular formula is C19H18BrN3O. The van der Waals surface area contributed by atoms with Crippen LogP contribution in [0.5, 0.6) is 0 Å². The first-order valence-electron chi connectivity index (χ1n) is 7.55. The lowest BCUT2D eigenvalue weighted by Gasteiger charge is -2.04. The molecule has 24 heavy (non-hydrogen) atoms. The third-order valence-electron chi connectivity index (χ3n) is 3.98. The molecule has 0 saturated carbocycles. The van der Waals surface area contributed by atoms with Gasteiger partial charge in [-0.3, -0.25) is 9.89 Å². The Hall–Kier alpha value is -2.53. The maximum Gasteiger partial charge on any atom is 0.280 e. The Morgan fingerprint density at radius 1 is 1.12 bits per heavy atom. The summed E-state index contributed by atoms with van der Waals surface area (Å²) in [6, 6.07) is 13.6. The summed E-state index contributed by atoms with van der Waals surface area (Å²) in [7, 11) is 0. The smallest absolute Gasteiger partial charge is 0.280 e. The van der Waals surface area contributed by atoms with Gasteiger partial charge in [0.25, 0.3) is 5.56 Å². The van der Waals surface area contributed by atoms with Gasteiger partial charge in [-0.25, -0.2) is 4.68 Å². The lowest BCUT2D eigenvalue weighted by atomic mass is 10.1. The minimum atomic E-state index is -0.132. The van der Waals surface area contributed by atoms with E-state index in [9.17, 15) is 4.79 Å². The van der Waals surface area contributed by atoms with E-state index in [1.54, 1.807) is 6.20 Å². The molecule has 1 aromatic heterocycles. The summed E-state index contributed by atoms with van der Waals surface area (Å²) in [6.45, 7) is 8.01. The second-order valence-corrected chi connectivity index (χ2v) is 6.62. The topological polar surface area (TPSA) is 49.8 Å². The van der Waals surface area contributed by atoms with E-state index in [0.717, 1.165) is 21.4 Å². The monoisotopic (exact) mass is 383 g/mol. The fourth-order valence-electron chi connectivity index (χ4n) is 2.39. The number of aromatic nitrogens is 2. The number of halogens is 1. The quantitative estimate of drug-likeness (QED) is 0.730. The predicted octanol–water partition coefficient (Wildman–Crippen LogP) is 2.81. The average Bonchev–Trinajstić information content (AvgIpc) is 2.84. The van der Waals surface area contributed by atoms with Crippen LogP contribution in [-0.4, -0.2) is 9.78 Å². The first kappa shape index (κ1) is 16.3. The van der Waals surface area contributed by atoms with E-state index in [4.69, 9.17) is 0 Å². The summed E-state index contributed by atoms with van der Waals surface area (Å²) < 4.78 is 2.52. The van der Waals surface area contributed by atoms with Gasteiger partial charge in [0.15, 0.2) is 0 Å². The Balaban J connectivity index is 2.01. The zero-order valence-corrected chi connectivity index (χ0v) is 15.1. The molecule has 0 atom stereocenters. The van der Waals surface area contributed by atoms with Crippen molar-refractivity contribution in [3.05, 3.63) is 79.0 Å². The van der Waals surface area contributed by atoms with Crippen LogP contribution in [0.15, 0.2) is 51.7 Å². The van der Waals surface area contributed by atoms with Gasteiger partial charge in [0.2, 0.25) is 0 Å². The van der Waals surface area contributed by atoms with E-state index in [1.807, 2.05) is 56.3 Å². The third kappa shape index (κ3) is 3.21. The maximum atomic E-state index is 12.7. The van der Waals surface area contributed by atoms with Crippen molar-refractivity contribution < 1.29 is 0 Å². The number of benzene rings is 2. The maximum absolute atomic E-state index is 12.7. The molecule has 3 rings (SSSR count). The van der Waals surface area contributed by atoms with E-state index < -0.39 is 0 Å². The minimum absolute atomic E-state index is 0.132. The Kier molecular flexibility index (Phi) is 4.44. The van der Waals surface area contributed by atoms with E-state index in [0.29, 0.717) is 10.6 Å². The van der Waals surface area contributed by atoms with Crippen molar-refractivity contribution in [1.29, 1.82) is 0 Å². The average molecular weight is 384 g/mol. The van der Waals surface area contributed by atoms with Gasteiger partial charge in [-0.2, -0.15) is 0 Å². The van der Waals surface area contributed by atoms with Crippen molar-refractivity contribution in [2.45, 2.75) is 13.8 Å². The summed E-state index contributed by atoms with van der Waals surface area (Å²) >= 11 is 3.40. The molecule has 0 unspecified atom stereocenters. The lowest BCUT2D eigenvalue weighted by Crippen LogP contribution is -2.34. The Morgan fingerprint density at radius 2 is 1.83 bits per heavy atom. The van der Waals surface area contributed by atoms with Crippen LogP contribution in [0.4, 0.5) is 5.69 Å². The van der Waals surface area contributed by atoms with Crippen LogP contribution in [-0.2, 0) is 0 Å². The molecular weight excluding hydrogens is 366 g/mol. The molecule has 1 heterocycles. The van der Waals surface area contributed by atoms with Gasteiger partial charge < -0.3 is 5.32 Å². The van der Waals surface area contributed by atoms with Crippen molar-refractivity contribution in [3.8, 4) is 5.69 Å². The van der Waals surface area contributed by atoms with Gasteiger partial charge >= 0.3 is 0 Å². The van der Waals surface area contributed by atoms with Gasteiger partial charge in [-0.1, -0.05) is 28.6 Å². The molecule has 122 valence electrons. The molecule has 2 aromatic carbocycles. The fourth-order valence-corrected chi connectivity index (χ4v) is 2.66. The van der Waals surface area contributed by atoms with Gasteiger partial charge in [0, 0.05) is 16.4 Å². The van der Waals surface area contributed by atoms with Crippen LogP contribution in [0.2, 0.25) is 0 Å². The lowest BCUT2D eigenvalue weighted by molar-refractivity contribution is 0.837. The van der Waals surface area contributed by atoms with Gasteiger partial charge in [0.05, 0.1) is 16.3 Å². The Morgan fingerprint density at radius 3 is 2.50 bits per heavy atom. The summed E-state index contributed by atoms with van der Waals surface area (Å²) in [6.07, 6.45) is 1.68. The van der Waals surface area contributed by atoms with Crippen LogP contribution >= 0.6 is 15.9 Å². The van der Waals surface area contributed by atoms with Crippen LogP contribution in [0.25, 0.3) is 18.5 Å². The highest BCUT2D eigenvalue weighted by Crippen LogP contribution is 2.14. The number of rotatable bonds is 3. The third-order valence-corrected chi connectivity index (χ3v) is 4.51. The van der Waals surface area contributed by atoms with Crippen molar-refractivity contribution >= 4 is 34.4 Å². The molecule has 0 aliphatic carbocycles. The summed E-state index contributed by atoms with van der Waals surface area (Å²) in [5.74, 6) is 0. The van der Waals surface area contributed by atoms with Gasteiger partial charge in [-0.15, -0.1) is 0 Å². The van der Waals surface area contributed by atoms with Crippen molar-refractivity contribution in [2.75, 3.05) is 5.32 Å². The van der Waals surface area contributed by atoms with Gasteiger partial charge in [-0.05, 0) is 61.4 Å². The van der Waals surface area contributed by atoms with Crippen LogP contribution < -0.4 is 21.4 Å². The Bertz CT molecular complexity index is 1050. The molecule has 2 N–H and O–H groups in total. The molecule has 0 aliphatic heterocycles. The van der Waals surface area contributed by atoms with E-state index in [-0.39, 0.29) is 5.56 Å². The largest absolute Gasteiger partial charge is 0.361 e. The molecule has 0 bridgehead atoms. The normalized spacial score (nSPS) is 11.7. The second kappa shape index (κ2) is 6.53. The number of hydrogen-bond donors (Lipinski definition) is 2. The summed E-state index contributed by atoms with van der Waals surface area (Å²) in [5.41, 5.74) is 3.90. The standard InChI is InChI=1S/C19H18BrN3O/c1-12-4-9-17(10-13(12)2)23-19(24)18(14(3)22-23)11-21-16-7-5-15(20)6-8-16/h4-11,21-22H,3H2,1-2H3. The number of nitrogens with zero attached hydrogens (tertiary/aromatic N) is 1. The highest BCUT2D eigenvalue weighted by Gasteiger charge is 2.05. The predicted molar refractivity (Wildman–Crippen MR) is 103 cm³/mol. The number of aryl methyl sites for hydroxylation is 2. The van der Waals surface area contributed by atoms with Crippen molar-refractivity contribution in [2.24, 2.45) is 0 Å². The molecule has 5 heteroatoms. The first-order chi connectivity index (χ1) is 11.5. The first-order valence-corrected chi connectivity index (χ1v) is 8.35. The molecule has 0 radical (unpaired) electrons. The molecule has 0 saturated heterocycles. The van der Waals surface area contributed by atoms with Gasteiger partial charge in [0.1, 0.15) is 0 Å². The zero-order chi connectivity index (χ0) is 17.3. The number of hydrogen-bond acceptors (Lipinski definition) is 2. The molecule has 0 amide bonds.